The van der Waals surface area contributed by atoms with Crippen molar-refractivity contribution in [3.8, 4) is 0 Å². The lowest BCUT2D eigenvalue weighted by molar-refractivity contribution is 0.0479. The zero-order valence-electron chi connectivity index (χ0n) is 15.2. The molecule has 2 aromatic heterocycles. The second-order valence-corrected chi connectivity index (χ2v) is 7.04. The van der Waals surface area contributed by atoms with Gasteiger partial charge in [0.1, 0.15) is 17.8 Å². The van der Waals surface area contributed by atoms with Gasteiger partial charge >= 0.3 is 0 Å². The van der Waals surface area contributed by atoms with Crippen LogP contribution in [0.15, 0.2) is 18.6 Å². The van der Waals surface area contributed by atoms with Crippen molar-refractivity contribution >= 4 is 5.91 Å². The lowest BCUT2D eigenvalue weighted by Gasteiger charge is -2.42. The molecule has 26 heavy (non-hydrogen) atoms. The zero-order valence-corrected chi connectivity index (χ0v) is 15.2. The fourth-order valence-corrected chi connectivity index (χ4v) is 4.20. The summed E-state index contributed by atoms with van der Waals surface area (Å²) in [5.41, 5.74) is 0.549. The molecule has 2 aliphatic heterocycles. The Bertz CT molecular complexity index is 765. The van der Waals surface area contributed by atoms with Crippen LogP contribution in [0, 0.1) is 5.92 Å². The van der Waals surface area contributed by atoms with Crippen LogP contribution in [0.25, 0.3) is 0 Å². The Hall–Kier alpha value is -2.26. The van der Waals surface area contributed by atoms with Gasteiger partial charge in [0.05, 0.1) is 25.2 Å². The first-order valence-electron chi connectivity index (χ1n) is 9.08. The van der Waals surface area contributed by atoms with Crippen molar-refractivity contribution in [3.63, 3.8) is 0 Å². The van der Waals surface area contributed by atoms with Crippen LogP contribution in [0.1, 0.15) is 35.2 Å². The summed E-state index contributed by atoms with van der Waals surface area (Å²) in [7, 11) is 3.47. The smallest absolute Gasteiger partial charge is 0.269 e. The SMILES string of the molecule is COCC1Cn2ncnc2C(N2CCCC2)C1NC(=O)c1ccnn1C. The van der Waals surface area contributed by atoms with Gasteiger partial charge in [-0.3, -0.25) is 14.4 Å². The highest BCUT2D eigenvalue weighted by atomic mass is 16.5. The molecule has 4 rings (SSSR count). The number of nitrogens with zero attached hydrogens (tertiary/aromatic N) is 6. The molecular weight excluding hydrogens is 334 g/mol. The molecule has 1 saturated heterocycles. The van der Waals surface area contributed by atoms with Gasteiger partial charge in [0.2, 0.25) is 0 Å². The van der Waals surface area contributed by atoms with E-state index in [0.29, 0.717) is 18.8 Å². The predicted molar refractivity (Wildman–Crippen MR) is 93.4 cm³/mol. The largest absolute Gasteiger partial charge is 0.384 e. The molecule has 140 valence electrons. The van der Waals surface area contributed by atoms with E-state index >= 15 is 0 Å². The molecule has 0 saturated carbocycles. The highest BCUT2D eigenvalue weighted by Crippen LogP contribution is 2.35. The number of aryl methyl sites for hydroxylation is 1. The second-order valence-electron chi connectivity index (χ2n) is 7.04. The lowest BCUT2D eigenvalue weighted by Crippen LogP contribution is -2.55. The van der Waals surface area contributed by atoms with Gasteiger partial charge < -0.3 is 10.1 Å². The summed E-state index contributed by atoms with van der Waals surface area (Å²) in [6, 6.07) is 1.65. The monoisotopic (exact) mass is 359 g/mol. The molecule has 1 N–H and O–H groups in total. The van der Waals surface area contributed by atoms with Crippen molar-refractivity contribution in [2.24, 2.45) is 13.0 Å². The number of likely N-dealkylation sites (tertiary alicyclic amines) is 1. The molecule has 2 aromatic rings. The summed E-state index contributed by atoms with van der Waals surface area (Å²) in [6.45, 7) is 3.26. The molecule has 0 radical (unpaired) electrons. The first-order chi connectivity index (χ1) is 12.7. The number of amides is 1. The maximum Gasteiger partial charge on any atom is 0.269 e. The number of carbonyl (C=O) groups is 1. The Morgan fingerprint density at radius 1 is 1.35 bits per heavy atom. The molecule has 0 aliphatic carbocycles. The van der Waals surface area contributed by atoms with E-state index in [1.54, 1.807) is 37.4 Å². The predicted octanol–water partition coefficient (Wildman–Crippen LogP) is 0.223. The molecule has 3 atom stereocenters. The van der Waals surface area contributed by atoms with E-state index in [0.717, 1.165) is 18.9 Å². The van der Waals surface area contributed by atoms with Gasteiger partial charge in [-0.2, -0.15) is 10.2 Å². The topological polar surface area (TPSA) is 90.1 Å². The summed E-state index contributed by atoms with van der Waals surface area (Å²) in [5.74, 6) is 0.930. The average molecular weight is 359 g/mol. The number of hydrogen-bond acceptors (Lipinski definition) is 6. The van der Waals surface area contributed by atoms with Gasteiger partial charge in [0.15, 0.2) is 0 Å². The average Bonchev–Trinajstić information content (AvgIpc) is 3.36. The number of ether oxygens (including phenoxy) is 1. The summed E-state index contributed by atoms with van der Waals surface area (Å²) >= 11 is 0. The maximum atomic E-state index is 12.9. The summed E-state index contributed by atoms with van der Waals surface area (Å²) in [5, 5.41) is 11.7. The van der Waals surface area contributed by atoms with Crippen LogP contribution in [0.4, 0.5) is 0 Å². The molecule has 0 bridgehead atoms. The van der Waals surface area contributed by atoms with Crippen molar-refractivity contribution < 1.29 is 9.53 Å². The van der Waals surface area contributed by atoms with E-state index in [4.69, 9.17) is 4.74 Å². The zero-order chi connectivity index (χ0) is 18.1. The number of methoxy groups -OCH3 is 1. The molecule has 1 fully saturated rings. The van der Waals surface area contributed by atoms with Gasteiger partial charge in [-0.05, 0) is 32.0 Å². The van der Waals surface area contributed by atoms with Gasteiger partial charge in [0.25, 0.3) is 5.91 Å². The molecule has 1 amide bonds. The molecule has 0 spiro atoms. The molecule has 9 nitrogen and oxygen atoms in total. The Morgan fingerprint density at radius 3 is 2.85 bits per heavy atom. The van der Waals surface area contributed by atoms with Crippen molar-refractivity contribution in [2.75, 3.05) is 26.8 Å². The normalized spacial score (nSPS) is 26.0. The van der Waals surface area contributed by atoms with Gasteiger partial charge in [0, 0.05) is 26.3 Å². The molecule has 4 heterocycles. The Balaban J connectivity index is 1.67. The van der Waals surface area contributed by atoms with E-state index in [9.17, 15) is 4.79 Å². The first-order valence-corrected chi connectivity index (χ1v) is 9.08. The van der Waals surface area contributed by atoms with E-state index in [-0.39, 0.29) is 23.9 Å². The van der Waals surface area contributed by atoms with Gasteiger partial charge in [-0.25, -0.2) is 9.67 Å². The summed E-state index contributed by atoms with van der Waals surface area (Å²) in [6.07, 6.45) is 5.58. The quantitative estimate of drug-likeness (QED) is 0.822. The van der Waals surface area contributed by atoms with Crippen LogP contribution in [-0.4, -0.2) is 68.2 Å². The van der Waals surface area contributed by atoms with Crippen molar-refractivity contribution in [3.05, 3.63) is 30.1 Å². The fraction of sp³-hybridized carbons (Fsp3) is 0.647. The number of rotatable bonds is 5. The highest BCUT2D eigenvalue weighted by Gasteiger charge is 2.43. The van der Waals surface area contributed by atoms with Crippen LogP contribution < -0.4 is 5.32 Å². The third-order valence-corrected chi connectivity index (χ3v) is 5.43. The Labute approximate surface area is 152 Å². The van der Waals surface area contributed by atoms with Crippen molar-refractivity contribution in [1.82, 2.24) is 34.8 Å². The lowest BCUT2D eigenvalue weighted by atomic mass is 9.88. The van der Waals surface area contributed by atoms with E-state index < -0.39 is 0 Å². The van der Waals surface area contributed by atoms with Crippen LogP contribution in [-0.2, 0) is 18.3 Å². The molecule has 0 aromatic carbocycles. The third-order valence-electron chi connectivity index (χ3n) is 5.43. The highest BCUT2D eigenvalue weighted by molar-refractivity contribution is 5.92. The minimum absolute atomic E-state index is 0.00563. The molecule has 3 unspecified atom stereocenters. The van der Waals surface area contributed by atoms with Crippen LogP contribution in [0.5, 0.6) is 0 Å². The minimum atomic E-state index is -0.117. The summed E-state index contributed by atoms with van der Waals surface area (Å²) in [4.78, 5) is 19.8. The van der Waals surface area contributed by atoms with Gasteiger partial charge in [-0.15, -0.1) is 0 Å². The van der Waals surface area contributed by atoms with E-state index in [1.807, 2.05) is 4.68 Å². The molecule has 9 heteroatoms. The number of fused-ring (bicyclic) bond motifs is 1. The van der Waals surface area contributed by atoms with Crippen molar-refractivity contribution in [2.45, 2.75) is 31.5 Å². The number of aromatic nitrogens is 5. The second kappa shape index (κ2) is 7.16. The third kappa shape index (κ3) is 3.01. The van der Waals surface area contributed by atoms with Gasteiger partial charge in [-0.1, -0.05) is 0 Å². The van der Waals surface area contributed by atoms with Crippen LogP contribution >= 0.6 is 0 Å². The molecular formula is C17H25N7O2. The van der Waals surface area contributed by atoms with Crippen LogP contribution in [0.3, 0.4) is 0 Å². The van der Waals surface area contributed by atoms with Crippen LogP contribution in [0.2, 0.25) is 0 Å². The minimum Gasteiger partial charge on any atom is -0.384 e. The van der Waals surface area contributed by atoms with E-state index in [1.165, 1.54) is 12.8 Å². The Kier molecular flexibility index (Phi) is 4.73. The number of hydrogen-bond donors (Lipinski definition) is 1. The first kappa shape index (κ1) is 17.2. The number of carbonyl (C=O) groups excluding carboxylic acids is 1. The summed E-state index contributed by atoms with van der Waals surface area (Å²) < 4.78 is 9.01. The standard InChI is InChI=1S/C17H25N7O2/c1-22-13(5-6-19-22)17(25)21-14-12(10-26-2)9-24-16(18-11-20-24)15(14)23-7-3-4-8-23/h5-6,11-12,14-15H,3-4,7-10H2,1-2H3,(H,21,25). The van der Waals surface area contributed by atoms with Crippen molar-refractivity contribution in [1.29, 1.82) is 0 Å². The fourth-order valence-electron chi connectivity index (χ4n) is 4.20. The number of nitrogens with one attached hydrogen (secondary N) is 1. The maximum absolute atomic E-state index is 12.9. The van der Waals surface area contributed by atoms with E-state index in [2.05, 4.69) is 25.4 Å². The molecule has 2 aliphatic rings. The Morgan fingerprint density at radius 2 is 2.15 bits per heavy atom.